The number of hydrogen-bond donors (Lipinski definition) is 1. The van der Waals surface area contributed by atoms with Gasteiger partial charge in [-0.3, -0.25) is 0 Å². The first-order valence-corrected chi connectivity index (χ1v) is 11.7. The summed E-state index contributed by atoms with van der Waals surface area (Å²) >= 11 is 6.04. The Kier molecular flexibility index (Phi) is 7.54. The number of benzene rings is 2. The summed E-state index contributed by atoms with van der Waals surface area (Å²) in [6.07, 6.45) is 0.493. The summed E-state index contributed by atoms with van der Waals surface area (Å²) in [6.45, 7) is 2.56. The molecule has 11 heteroatoms. The highest BCUT2D eigenvalue weighted by atomic mass is 35.5. The van der Waals surface area contributed by atoms with Gasteiger partial charge in [0.2, 0.25) is 5.75 Å². The Morgan fingerprint density at radius 2 is 1.72 bits per heavy atom. The molecule has 0 bridgehead atoms. The molecule has 0 radical (unpaired) electrons. The molecule has 190 valence electrons. The van der Waals surface area contributed by atoms with Crippen molar-refractivity contribution < 1.29 is 28.5 Å². The summed E-state index contributed by atoms with van der Waals surface area (Å²) in [6, 6.07) is 10.1. The fraction of sp³-hybridized carbons (Fsp3) is 0.320. The second-order valence-corrected chi connectivity index (χ2v) is 8.33. The second kappa shape index (κ2) is 10.8. The third-order valence-electron chi connectivity index (χ3n) is 5.80. The van der Waals surface area contributed by atoms with Gasteiger partial charge in [-0.2, -0.15) is 5.10 Å². The fourth-order valence-electron chi connectivity index (χ4n) is 4.11. The molecule has 1 aliphatic rings. The maximum absolute atomic E-state index is 13.2. The van der Waals surface area contributed by atoms with E-state index in [2.05, 4.69) is 10.4 Å². The Hall–Kier alpha value is -3.92. The molecule has 0 fully saturated rings. The van der Waals surface area contributed by atoms with Crippen LogP contribution in [0.15, 0.2) is 36.4 Å². The maximum Gasteiger partial charge on any atom is 0.359 e. The van der Waals surface area contributed by atoms with Crippen molar-refractivity contribution in [1.82, 2.24) is 14.7 Å². The summed E-state index contributed by atoms with van der Waals surface area (Å²) in [5, 5.41) is 8.02. The normalized spacial score (nSPS) is 12.5. The van der Waals surface area contributed by atoms with Crippen LogP contribution in [0.25, 0.3) is 5.69 Å². The smallest absolute Gasteiger partial charge is 0.359 e. The number of carbonyl (C=O) groups excluding carboxylic acids is 2. The third-order valence-corrected chi connectivity index (χ3v) is 6.05. The van der Waals surface area contributed by atoms with Gasteiger partial charge < -0.3 is 29.2 Å². The van der Waals surface area contributed by atoms with Crippen molar-refractivity contribution in [2.24, 2.45) is 0 Å². The van der Waals surface area contributed by atoms with Gasteiger partial charge in [0, 0.05) is 35.7 Å². The van der Waals surface area contributed by atoms with Gasteiger partial charge in [-0.15, -0.1) is 0 Å². The van der Waals surface area contributed by atoms with Crippen molar-refractivity contribution in [3.05, 3.63) is 58.4 Å². The van der Waals surface area contributed by atoms with E-state index < -0.39 is 5.97 Å². The van der Waals surface area contributed by atoms with Crippen LogP contribution in [0.5, 0.6) is 17.2 Å². The Morgan fingerprint density at radius 1 is 1.06 bits per heavy atom. The van der Waals surface area contributed by atoms with E-state index in [9.17, 15) is 9.59 Å². The Bertz CT molecular complexity index is 1250. The highest BCUT2D eigenvalue weighted by Gasteiger charge is 2.31. The summed E-state index contributed by atoms with van der Waals surface area (Å²) in [5.74, 6) is 0.728. The first-order chi connectivity index (χ1) is 17.4. The summed E-state index contributed by atoms with van der Waals surface area (Å²) in [4.78, 5) is 27.5. The van der Waals surface area contributed by atoms with Crippen LogP contribution in [-0.4, -0.2) is 61.2 Å². The van der Waals surface area contributed by atoms with Gasteiger partial charge in [0.05, 0.1) is 51.5 Å². The second-order valence-electron chi connectivity index (χ2n) is 7.90. The van der Waals surface area contributed by atoms with Gasteiger partial charge >= 0.3 is 12.0 Å². The minimum atomic E-state index is -0.534. The van der Waals surface area contributed by atoms with Crippen molar-refractivity contribution in [2.45, 2.75) is 19.9 Å². The average molecular weight is 515 g/mol. The molecule has 10 nitrogen and oxygen atoms in total. The number of amides is 2. The van der Waals surface area contributed by atoms with Crippen LogP contribution in [0.4, 0.5) is 10.5 Å². The number of anilines is 1. The molecule has 2 heterocycles. The number of nitrogens with zero attached hydrogens (tertiary/aromatic N) is 3. The molecule has 2 aromatic carbocycles. The molecule has 0 unspecified atom stereocenters. The van der Waals surface area contributed by atoms with Gasteiger partial charge in [0.1, 0.15) is 0 Å². The summed E-state index contributed by atoms with van der Waals surface area (Å²) in [7, 11) is 4.52. The van der Waals surface area contributed by atoms with E-state index in [1.165, 1.54) is 21.3 Å². The topological polar surface area (TPSA) is 104 Å². The highest BCUT2D eigenvalue weighted by molar-refractivity contribution is 6.30. The van der Waals surface area contributed by atoms with Crippen LogP contribution in [0.2, 0.25) is 5.02 Å². The standard InChI is InChI=1S/C25H27ClN4O6/c1-5-36-24(31)22-18-14-29(11-10-19(18)30(28-22)17-8-6-15(26)7-9-17)25(32)27-16-12-20(33-2)23(35-4)21(13-16)34-3/h6-9,12-13H,5,10-11,14H2,1-4H3,(H,27,32). The first kappa shape index (κ1) is 25.2. The number of carbonyl (C=O) groups is 2. The molecule has 1 aliphatic heterocycles. The number of nitrogens with one attached hydrogen (secondary N) is 1. The van der Waals surface area contributed by atoms with E-state index in [4.69, 9.17) is 30.5 Å². The van der Waals surface area contributed by atoms with E-state index in [-0.39, 0.29) is 24.9 Å². The van der Waals surface area contributed by atoms with Crippen LogP contribution >= 0.6 is 11.6 Å². The molecule has 3 aromatic rings. The molecule has 1 N–H and O–H groups in total. The lowest BCUT2D eigenvalue weighted by atomic mass is 10.0. The number of hydrogen-bond acceptors (Lipinski definition) is 7. The molecule has 0 aliphatic carbocycles. The number of fused-ring (bicyclic) bond motifs is 1. The molecule has 0 atom stereocenters. The maximum atomic E-state index is 13.2. The van der Waals surface area contributed by atoms with E-state index >= 15 is 0 Å². The molecule has 4 rings (SSSR count). The van der Waals surface area contributed by atoms with Gasteiger partial charge in [0.25, 0.3) is 0 Å². The Balaban J connectivity index is 1.62. The predicted molar refractivity (Wildman–Crippen MR) is 134 cm³/mol. The average Bonchev–Trinajstić information content (AvgIpc) is 3.27. The van der Waals surface area contributed by atoms with E-state index in [1.54, 1.807) is 40.8 Å². The Morgan fingerprint density at radius 3 is 2.31 bits per heavy atom. The lowest BCUT2D eigenvalue weighted by molar-refractivity contribution is 0.0516. The van der Waals surface area contributed by atoms with Gasteiger partial charge in [-0.1, -0.05) is 11.6 Å². The molecule has 1 aromatic heterocycles. The molecule has 0 saturated heterocycles. The minimum Gasteiger partial charge on any atom is -0.493 e. The summed E-state index contributed by atoms with van der Waals surface area (Å²) in [5.41, 5.74) is 2.92. The van der Waals surface area contributed by atoms with Gasteiger partial charge in [-0.25, -0.2) is 14.3 Å². The zero-order valence-electron chi connectivity index (χ0n) is 20.5. The monoisotopic (exact) mass is 514 g/mol. The lowest BCUT2D eigenvalue weighted by Crippen LogP contribution is -2.39. The largest absolute Gasteiger partial charge is 0.493 e. The summed E-state index contributed by atoms with van der Waals surface area (Å²) < 4.78 is 23.0. The first-order valence-electron chi connectivity index (χ1n) is 11.3. The number of aromatic nitrogens is 2. The molecule has 2 amide bonds. The number of halogens is 1. The molecule has 0 saturated carbocycles. The van der Waals surface area contributed by atoms with Crippen molar-refractivity contribution in [3.63, 3.8) is 0 Å². The Labute approximate surface area is 213 Å². The van der Waals surface area contributed by atoms with Crippen LogP contribution in [0.1, 0.15) is 28.7 Å². The number of urea groups is 1. The van der Waals surface area contributed by atoms with Crippen molar-refractivity contribution in [3.8, 4) is 22.9 Å². The van der Waals surface area contributed by atoms with E-state index in [0.717, 1.165) is 11.4 Å². The van der Waals surface area contributed by atoms with Crippen LogP contribution in [0, 0.1) is 0 Å². The zero-order chi connectivity index (χ0) is 25.8. The number of methoxy groups -OCH3 is 3. The molecule has 0 spiro atoms. The number of rotatable bonds is 7. The molecular formula is C25H27ClN4O6. The van der Waals surface area contributed by atoms with Crippen molar-refractivity contribution >= 4 is 29.3 Å². The van der Waals surface area contributed by atoms with E-state index in [0.29, 0.717) is 46.5 Å². The molecule has 36 heavy (non-hydrogen) atoms. The quantitative estimate of drug-likeness (QED) is 0.468. The molecular weight excluding hydrogens is 488 g/mol. The third kappa shape index (κ3) is 4.90. The van der Waals surface area contributed by atoms with Crippen molar-refractivity contribution in [2.75, 3.05) is 39.8 Å². The van der Waals surface area contributed by atoms with E-state index in [1.807, 2.05) is 12.1 Å². The predicted octanol–water partition coefficient (Wildman–Crippen LogP) is 4.32. The number of esters is 1. The van der Waals surface area contributed by atoms with Crippen LogP contribution < -0.4 is 19.5 Å². The van der Waals surface area contributed by atoms with Crippen LogP contribution in [0.3, 0.4) is 0 Å². The SMILES string of the molecule is CCOC(=O)c1nn(-c2ccc(Cl)cc2)c2c1CN(C(=O)Nc1cc(OC)c(OC)c(OC)c1)CC2. The number of ether oxygens (including phenoxy) is 4. The van der Waals surface area contributed by atoms with Crippen molar-refractivity contribution in [1.29, 1.82) is 0 Å². The highest BCUT2D eigenvalue weighted by Crippen LogP contribution is 2.40. The van der Waals surface area contributed by atoms with Crippen LogP contribution in [-0.2, 0) is 17.7 Å². The zero-order valence-corrected chi connectivity index (χ0v) is 21.2. The van der Waals surface area contributed by atoms with Gasteiger partial charge in [-0.05, 0) is 31.2 Å². The van der Waals surface area contributed by atoms with Gasteiger partial charge in [0.15, 0.2) is 17.2 Å². The minimum absolute atomic E-state index is 0.187. The lowest BCUT2D eigenvalue weighted by Gasteiger charge is -2.28. The fourth-order valence-corrected chi connectivity index (χ4v) is 4.23.